The van der Waals surface area contributed by atoms with Crippen LogP contribution in [0.3, 0.4) is 0 Å². The van der Waals surface area contributed by atoms with Gasteiger partial charge >= 0.3 is 0 Å². The molecular formula is C22H28ClN3O2S. The predicted molar refractivity (Wildman–Crippen MR) is 117 cm³/mol. The van der Waals surface area contributed by atoms with E-state index in [4.69, 9.17) is 11.6 Å². The van der Waals surface area contributed by atoms with E-state index < -0.39 is 0 Å². The molecule has 1 atom stereocenters. The summed E-state index contributed by atoms with van der Waals surface area (Å²) in [6.45, 7) is 6.07. The Labute approximate surface area is 181 Å². The van der Waals surface area contributed by atoms with Crippen molar-refractivity contribution in [2.75, 3.05) is 13.1 Å². The molecule has 0 spiro atoms. The van der Waals surface area contributed by atoms with Crippen LogP contribution >= 0.6 is 22.9 Å². The van der Waals surface area contributed by atoms with E-state index in [1.54, 1.807) is 11.3 Å². The van der Waals surface area contributed by atoms with Gasteiger partial charge in [-0.1, -0.05) is 43.6 Å². The number of nitrogens with zero attached hydrogens (tertiary/aromatic N) is 2. The van der Waals surface area contributed by atoms with Gasteiger partial charge in [-0.15, -0.1) is 11.3 Å². The van der Waals surface area contributed by atoms with Gasteiger partial charge in [-0.05, 0) is 36.8 Å². The molecule has 1 saturated heterocycles. The molecule has 0 aliphatic carbocycles. The number of amides is 2. The van der Waals surface area contributed by atoms with Crippen molar-refractivity contribution in [3.05, 3.63) is 50.9 Å². The summed E-state index contributed by atoms with van der Waals surface area (Å²) in [6, 6.07) is 7.52. The molecule has 2 amide bonds. The first kappa shape index (κ1) is 21.8. The molecule has 0 unspecified atom stereocenters. The number of rotatable bonds is 7. The molecular weight excluding hydrogens is 406 g/mol. The van der Waals surface area contributed by atoms with Gasteiger partial charge in [0.1, 0.15) is 5.69 Å². The second-order valence-electron chi connectivity index (χ2n) is 7.89. The summed E-state index contributed by atoms with van der Waals surface area (Å²) < 4.78 is 0. The maximum atomic E-state index is 12.8. The minimum Gasteiger partial charge on any atom is -0.352 e. The number of carbonyl (C=O) groups excluding carboxylic acids is 2. The molecule has 1 aliphatic rings. The van der Waals surface area contributed by atoms with Crippen LogP contribution in [0.25, 0.3) is 0 Å². The van der Waals surface area contributed by atoms with E-state index in [9.17, 15) is 9.59 Å². The molecule has 1 aromatic heterocycles. The van der Waals surface area contributed by atoms with Crippen molar-refractivity contribution in [2.45, 2.75) is 52.0 Å². The van der Waals surface area contributed by atoms with Gasteiger partial charge in [0.15, 0.2) is 0 Å². The zero-order valence-electron chi connectivity index (χ0n) is 17.0. The Morgan fingerprint density at radius 1 is 1.34 bits per heavy atom. The Morgan fingerprint density at radius 2 is 2.14 bits per heavy atom. The summed E-state index contributed by atoms with van der Waals surface area (Å²) in [5, 5.41) is 6.47. The van der Waals surface area contributed by atoms with Crippen molar-refractivity contribution < 1.29 is 9.59 Å². The lowest BCUT2D eigenvalue weighted by Crippen LogP contribution is -2.40. The van der Waals surface area contributed by atoms with Gasteiger partial charge in [-0.25, -0.2) is 4.98 Å². The molecule has 3 rings (SSSR count). The minimum atomic E-state index is 0.0148. The fourth-order valence-electron chi connectivity index (χ4n) is 3.56. The van der Waals surface area contributed by atoms with E-state index in [1.807, 2.05) is 34.5 Å². The van der Waals surface area contributed by atoms with Crippen LogP contribution in [0.2, 0.25) is 5.02 Å². The third-order valence-electron chi connectivity index (χ3n) is 5.25. The third-order valence-corrected chi connectivity index (χ3v) is 6.77. The van der Waals surface area contributed by atoms with Crippen LogP contribution in [-0.2, 0) is 11.3 Å². The molecule has 156 valence electrons. The zero-order chi connectivity index (χ0) is 20.8. The number of benzene rings is 1. The Morgan fingerprint density at radius 3 is 2.86 bits per heavy atom. The number of piperidine rings is 1. The van der Waals surface area contributed by atoms with E-state index in [2.05, 4.69) is 24.1 Å². The molecule has 0 radical (unpaired) electrons. The molecule has 1 aliphatic heterocycles. The number of carbonyl (C=O) groups is 2. The predicted octanol–water partition coefficient (Wildman–Crippen LogP) is 4.87. The van der Waals surface area contributed by atoms with Crippen LogP contribution in [0.5, 0.6) is 0 Å². The van der Waals surface area contributed by atoms with Gasteiger partial charge in [0.25, 0.3) is 5.91 Å². The highest BCUT2D eigenvalue weighted by atomic mass is 35.5. The van der Waals surface area contributed by atoms with Crippen LogP contribution in [0.15, 0.2) is 29.6 Å². The standard InChI is InChI=1S/C22H28ClN3O2S/c1-15(2)21-25-19(14-29-21)22(28)26-11-5-6-16(13-26)9-10-20(27)24-12-17-7-3-4-8-18(17)23/h3-4,7-8,14-16H,5-6,9-13H2,1-2H3,(H,24,27)/t16-/m0/s1. The van der Waals surface area contributed by atoms with Gasteiger partial charge in [0.05, 0.1) is 5.01 Å². The first-order chi connectivity index (χ1) is 13.9. The summed E-state index contributed by atoms with van der Waals surface area (Å²) >= 11 is 7.68. The van der Waals surface area contributed by atoms with Crippen molar-refractivity contribution in [1.29, 1.82) is 0 Å². The average molecular weight is 434 g/mol. The van der Waals surface area contributed by atoms with E-state index in [0.29, 0.717) is 42.1 Å². The van der Waals surface area contributed by atoms with Crippen LogP contribution in [-0.4, -0.2) is 34.8 Å². The second kappa shape index (κ2) is 10.2. The normalized spacial score (nSPS) is 16.8. The molecule has 5 nitrogen and oxygen atoms in total. The Balaban J connectivity index is 1.46. The van der Waals surface area contributed by atoms with Gasteiger partial charge in [-0.2, -0.15) is 0 Å². The van der Waals surface area contributed by atoms with Crippen LogP contribution in [0.4, 0.5) is 0 Å². The summed E-state index contributed by atoms with van der Waals surface area (Å²) in [4.78, 5) is 31.4. The quantitative estimate of drug-likeness (QED) is 0.677. The third kappa shape index (κ3) is 6.03. The highest BCUT2D eigenvalue weighted by molar-refractivity contribution is 7.09. The molecule has 1 aromatic carbocycles. The molecule has 7 heteroatoms. The topological polar surface area (TPSA) is 62.3 Å². The zero-order valence-corrected chi connectivity index (χ0v) is 18.6. The lowest BCUT2D eigenvalue weighted by Gasteiger charge is -2.32. The molecule has 0 bridgehead atoms. The molecule has 29 heavy (non-hydrogen) atoms. The summed E-state index contributed by atoms with van der Waals surface area (Å²) in [5.74, 6) is 0.720. The van der Waals surface area contributed by atoms with Gasteiger partial charge in [0, 0.05) is 42.4 Å². The van der Waals surface area contributed by atoms with E-state index in [0.717, 1.165) is 36.4 Å². The fourth-order valence-corrected chi connectivity index (χ4v) is 4.57. The smallest absolute Gasteiger partial charge is 0.273 e. The molecule has 1 N–H and O–H groups in total. The van der Waals surface area contributed by atoms with Crippen molar-refractivity contribution in [1.82, 2.24) is 15.2 Å². The summed E-state index contributed by atoms with van der Waals surface area (Å²) in [5.41, 5.74) is 1.47. The maximum absolute atomic E-state index is 12.8. The number of aromatic nitrogens is 1. The SMILES string of the molecule is CC(C)c1nc(C(=O)N2CCC[C@@H](CCC(=O)NCc3ccccc3Cl)C2)cs1. The van der Waals surface area contributed by atoms with Crippen LogP contribution in [0.1, 0.15) is 66.5 Å². The van der Waals surface area contributed by atoms with E-state index in [1.165, 1.54) is 0 Å². The Kier molecular flexibility index (Phi) is 7.67. The molecule has 2 aromatic rings. The number of likely N-dealkylation sites (tertiary alicyclic amines) is 1. The monoisotopic (exact) mass is 433 g/mol. The van der Waals surface area contributed by atoms with Gasteiger partial charge in [-0.3, -0.25) is 9.59 Å². The number of thiazole rings is 1. The lowest BCUT2D eigenvalue weighted by molar-refractivity contribution is -0.121. The number of halogens is 1. The van der Waals surface area contributed by atoms with Crippen LogP contribution < -0.4 is 5.32 Å². The van der Waals surface area contributed by atoms with Crippen molar-refractivity contribution in [2.24, 2.45) is 5.92 Å². The number of hydrogen-bond donors (Lipinski definition) is 1. The number of nitrogens with one attached hydrogen (secondary N) is 1. The number of hydrogen-bond acceptors (Lipinski definition) is 4. The van der Waals surface area contributed by atoms with Crippen molar-refractivity contribution >= 4 is 34.8 Å². The van der Waals surface area contributed by atoms with Crippen LogP contribution in [0, 0.1) is 5.92 Å². The van der Waals surface area contributed by atoms with Crippen molar-refractivity contribution in [3.8, 4) is 0 Å². The van der Waals surface area contributed by atoms with Crippen molar-refractivity contribution in [3.63, 3.8) is 0 Å². The highest BCUT2D eigenvalue weighted by Crippen LogP contribution is 2.24. The molecule has 2 heterocycles. The van der Waals surface area contributed by atoms with E-state index in [-0.39, 0.29) is 11.8 Å². The largest absolute Gasteiger partial charge is 0.352 e. The first-order valence-corrected chi connectivity index (χ1v) is 11.4. The maximum Gasteiger partial charge on any atom is 0.273 e. The average Bonchev–Trinajstić information content (AvgIpc) is 3.22. The molecule has 0 saturated carbocycles. The van der Waals surface area contributed by atoms with Gasteiger partial charge in [0.2, 0.25) is 5.91 Å². The Bertz CT molecular complexity index is 852. The van der Waals surface area contributed by atoms with Gasteiger partial charge < -0.3 is 10.2 Å². The Hall–Kier alpha value is -1.92. The lowest BCUT2D eigenvalue weighted by atomic mass is 9.93. The first-order valence-electron chi connectivity index (χ1n) is 10.2. The second-order valence-corrected chi connectivity index (χ2v) is 9.19. The minimum absolute atomic E-state index is 0.0148. The fraction of sp³-hybridized carbons (Fsp3) is 0.500. The van der Waals surface area contributed by atoms with E-state index >= 15 is 0 Å². The summed E-state index contributed by atoms with van der Waals surface area (Å²) in [6.07, 6.45) is 3.27. The highest BCUT2D eigenvalue weighted by Gasteiger charge is 2.26. The molecule has 1 fully saturated rings. The summed E-state index contributed by atoms with van der Waals surface area (Å²) in [7, 11) is 0.